The minimum atomic E-state index is 0.450. The van der Waals surface area contributed by atoms with E-state index in [0.717, 1.165) is 88.5 Å². The summed E-state index contributed by atoms with van der Waals surface area (Å²) in [6, 6.07) is 38.3. The van der Waals surface area contributed by atoms with Gasteiger partial charge in [-0.15, -0.1) is 0 Å². The number of aromatic nitrogens is 5. The molecule has 0 amide bonds. The molecule has 52 heavy (non-hydrogen) atoms. The minimum Gasteiger partial charge on any atom is -0.264 e. The molecule has 4 aromatic carbocycles. The molecule has 7 heteroatoms. The maximum atomic E-state index is 7.48. The first-order chi connectivity index (χ1) is 25.7. The highest BCUT2D eigenvalue weighted by molar-refractivity contribution is 6.22. The molecular weight excluding hydrogens is 639 g/mol. The van der Waals surface area contributed by atoms with Gasteiger partial charge in [-0.05, 0) is 93.7 Å². The third-order valence-corrected chi connectivity index (χ3v) is 9.31. The van der Waals surface area contributed by atoms with Gasteiger partial charge in [-0.2, -0.15) is 0 Å². The van der Waals surface area contributed by atoms with Crippen molar-refractivity contribution in [2.75, 3.05) is 0 Å². The Hall–Kier alpha value is -7.61. The van der Waals surface area contributed by atoms with E-state index >= 15 is 0 Å². The lowest BCUT2D eigenvalue weighted by Gasteiger charge is -2.16. The van der Waals surface area contributed by atoms with Crippen LogP contribution in [0.1, 0.15) is 0 Å². The van der Waals surface area contributed by atoms with Crippen molar-refractivity contribution in [1.29, 1.82) is 0 Å². The fourth-order valence-electron chi connectivity index (χ4n) is 6.88. The van der Waals surface area contributed by atoms with Gasteiger partial charge in [-0.3, -0.25) is 19.9 Å². The van der Waals surface area contributed by atoms with Crippen molar-refractivity contribution in [3.63, 3.8) is 0 Å². The van der Waals surface area contributed by atoms with Crippen LogP contribution in [-0.2, 0) is 0 Å². The van der Waals surface area contributed by atoms with Crippen LogP contribution < -0.4 is 0 Å². The van der Waals surface area contributed by atoms with Crippen LogP contribution in [0.4, 0.5) is 11.4 Å². The van der Waals surface area contributed by atoms with Crippen LogP contribution in [-0.4, -0.2) is 24.9 Å². The van der Waals surface area contributed by atoms with Gasteiger partial charge in [0.05, 0.1) is 35.6 Å². The van der Waals surface area contributed by atoms with Gasteiger partial charge in [0.15, 0.2) is 11.4 Å². The van der Waals surface area contributed by atoms with Crippen LogP contribution in [0.15, 0.2) is 152 Å². The molecule has 5 heterocycles. The molecule has 7 nitrogen and oxygen atoms in total. The number of rotatable bonds is 5. The van der Waals surface area contributed by atoms with E-state index in [1.165, 1.54) is 0 Å². The zero-order valence-corrected chi connectivity index (χ0v) is 27.6. The Bertz CT molecular complexity index is 2820. The van der Waals surface area contributed by atoms with Gasteiger partial charge in [0.1, 0.15) is 0 Å². The molecule has 0 aliphatic heterocycles. The predicted octanol–water partition coefficient (Wildman–Crippen LogP) is 11.6. The highest BCUT2D eigenvalue weighted by Gasteiger charge is 2.18. The van der Waals surface area contributed by atoms with Gasteiger partial charge in [0.2, 0.25) is 0 Å². The molecule has 0 bridgehead atoms. The van der Waals surface area contributed by atoms with Gasteiger partial charge >= 0.3 is 0 Å². The summed E-state index contributed by atoms with van der Waals surface area (Å²) in [4.78, 5) is 30.8. The number of hydrogen-bond acceptors (Lipinski definition) is 5. The Morgan fingerprint density at radius 2 is 0.904 bits per heavy atom. The van der Waals surface area contributed by atoms with Crippen molar-refractivity contribution in [2.45, 2.75) is 0 Å². The average molecular weight is 664 g/mol. The topological polar surface area (TPSA) is 73.2 Å². The molecule has 240 valence electrons. The second kappa shape index (κ2) is 12.7. The van der Waals surface area contributed by atoms with E-state index in [-0.39, 0.29) is 0 Å². The fraction of sp³-hybridized carbons (Fsp3) is 0. The summed E-state index contributed by atoms with van der Waals surface area (Å²) in [5.41, 5.74) is 11.9. The van der Waals surface area contributed by atoms with Gasteiger partial charge in [-0.1, -0.05) is 54.6 Å². The Morgan fingerprint density at radius 3 is 1.40 bits per heavy atom. The maximum Gasteiger partial charge on any atom is 0.177 e. The number of pyridine rings is 5. The van der Waals surface area contributed by atoms with Crippen LogP contribution >= 0.6 is 0 Å². The standard InChI is InChI=1S/C45H25N7/c1-46-34-19-32(20-35(23-34)47-2)28-11-13-29(14-12-28)38-24-40-37-10-6-18-51-45(37)39(25-41(40)36-9-5-17-50-44(36)38)33-21-42(30-7-3-15-48-26-30)52-43(22-33)31-8-4-16-49-27-31/h3-27H. The number of hydrogen-bond donors (Lipinski definition) is 0. The van der Waals surface area contributed by atoms with Crippen LogP contribution in [0.25, 0.3) is 98.2 Å². The molecule has 0 atom stereocenters. The summed E-state index contributed by atoms with van der Waals surface area (Å²) in [5.74, 6) is 0. The van der Waals surface area contributed by atoms with Crippen LogP contribution in [0.3, 0.4) is 0 Å². The Kier molecular flexibility index (Phi) is 7.43. The zero-order valence-electron chi connectivity index (χ0n) is 27.6. The Balaban J connectivity index is 1.26. The largest absolute Gasteiger partial charge is 0.264 e. The van der Waals surface area contributed by atoms with Gasteiger partial charge in [-0.25, -0.2) is 14.7 Å². The smallest absolute Gasteiger partial charge is 0.177 e. The molecular formula is C45H25N7. The molecule has 5 aromatic heterocycles. The highest BCUT2D eigenvalue weighted by Crippen LogP contribution is 2.42. The SMILES string of the molecule is [C-]#[N+]c1cc([N+]#[C-])cc(-c2ccc(-c3cc4c5cccnc5c(-c5cc(-c6cccnc6)nc(-c6cccnc6)c5)cc4c4cccnc34)cc2)c1. The average Bonchev–Trinajstić information content (AvgIpc) is 3.23. The van der Waals surface area contributed by atoms with Crippen molar-refractivity contribution in [3.05, 3.63) is 175 Å². The highest BCUT2D eigenvalue weighted by atomic mass is 14.7. The van der Waals surface area contributed by atoms with Crippen LogP contribution in [0.2, 0.25) is 0 Å². The molecule has 0 unspecified atom stereocenters. The molecule has 0 spiro atoms. The lowest BCUT2D eigenvalue weighted by Crippen LogP contribution is -1.94. The first-order valence-electron chi connectivity index (χ1n) is 16.6. The quantitative estimate of drug-likeness (QED) is 0.135. The summed E-state index contributed by atoms with van der Waals surface area (Å²) in [6.07, 6.45) is 10.9. The number of fused-ring (bicyclic) bond motifs is 5. The van der Waals surface area contributed by atoms with Crippen LogP contribution in [0, 0.1) is 13.1 Å². The van der Waals surface area contributed by atoms with Crippen molar-refractivity contribution in [3.8, 4) is 55.9 Å². The summed E-state index contributed by atoms with van der Waals surface area (Å²) in [5, 5.41) is 4.21. The van der Waals surface area contributed by atoms with Gasteiger partial charge in [0.25, 0.3) is 0 Å². The van der Waals surface area contributed by atoms with Crippen molar-refractivity contribution in [1.82, 2.24) is 24.9 Å². The molecule has 0 radical (unpaired) electrons. The third-order valence-electron chi connectivity index (χ3n) is 9.31. The van der Waals surface area contributed by atoms with Gasteiger partial charge < -0.3 is 0 Å². The van der Waals surface area contributed by atoms with Crippen LogP contribution in [0.5, 0.6) is 0 Å². The van der Waals surface area contributed by atoms with E-state index < -0.39 is 0 Å². The lowest BCUT2D eigenvalue weighted by molar-refractivity contribution is 1.26. The Labute approximate surface area is 299 Å². The van der Waals surface area contributed by atoms with E-state index in [1.807, 2.05) is 85.5 Å². The third kappa shape index (κ3) is 5.36. The second-order valence-electron chi connectivity index (χ2n) is 12.4. The van der Waals surface area contributed by atoms with E-state index in [2.05, 4.69) is 68.2 Å². The van der Waals surface area contributed by atoms with Gasteiger partial charge in [0, 0.05) is 70.2 Å². The van der Waals surface area contributed by atoms with E-state index in [4.69, 9.17) is 28.1 Å². The first-order valence-corrected chi connectivity index (χ1v) is 16.6. The first kappa shape index (κ1) is 30.4. The molecule has 0 N–H and O–H groups in total. The lowest BCUT2D eigenvalue weighted by atomic mass is 9.90. The molecule has 0 aliphatic carbocycles. The van der Waals surface area contributed by atoms with E-state index in [1.54, 1.807) is 18.5 Å². The molecule has 0 fully saturated rings. The summed E-state index contributed by atoms with van der Waals surface area (Å²) in [6.45, 7) is 15.0. The summed E-state index contributed by atoms with van der Waals surface area (Å²) >= 11 is 0. The number of nitrogens with zero attached hydrogens (tertiary/aromatic N) is 7. The maximum absolute atomic E-state index is 7.48. The minimum absolute atomic E-state index is 0.450. The molecule has 0 saturated carbocycles. The van der Waals surface area contributed by atoms with Crippen molar-refractivity contribution >= 4 is 44.0 Å². The van der Waals surface area contributed by atoms with E-state index in [0.29, 0.717) is 11.4 Å². The van der Waals surface area contributed by atoms with E-state index in [9.17, 15) is 0 Å². The number of benzene rings is 4. The molecule has 9 rings (SSSR count). The monoisotopic (exact) mass is 663 g/mol. The normalized spacial score (nSPS) is 11.0. The Morgan fingerprint density at radius 1 is 0.404 bits per heavy atom. The molecule has 0 aliphatic rings. The summed E-state index contributed by atoms with van der Waals surface area (Å²) in [7, 11) is 0. The molecule has 9 aromatic rings. The zero-order chi connectivity index (χ0) is 35.0. The predicted molar refractivity (Wildman–Crippen MR) is 208 cm³/mol. The summed E-state index contributed by atoms with van der Waals surface area (Å²) < 4.78 is 0. The fourth-order valence-corrected chi connectivity index (χ4v) is 6.88. The second-order valence-corrected chi connectivity index (χ2v) is 12.4. The molecule has 0 saturated heterocycles. The van der Waals surface area contributed by atoms with Crippen molar-refractivity contribution < 1.29 is 0 Å². The van der Waals surface area contributed by atoms with Crippen molar-refractivity contribution in [2.24, 2.45) is 0 Å².